The molecule has 2 aromatic rings. The average molecular weight is 316 g/mol. The Balaban J connectivity index is 1.77. The molecule has 122 valence electrons. The highest BCUT2D eigenvalue weighted by Crippen LogP contribution is 2.26. The van der Waals surface area contributed by atoms with E-state index in [1.54, 1.807) is 12.0 Å². The molecule has 6 nitrogen and oxygen atoms in total. The van der Waals surface area contributed by atoms with Crippen LogP contribution in [0.3, 0.4) is 0 Å². The smallest absolute Gasteiger partial charge is 0.308 e. The van der Waals surface area contributed by atoms with Gasteiger partial charge in [-0.2, -0.15) is 0 Å². The van der Waals surface area contributed by atoms with Crippen molar-refractivity contribution in [3.05, 3.63) is 30.5 Å². The topological polar surface area (TPSA) is 71.8 Å². The number of ether oxygens (including phenoxy) is 1. The van der Waals surface area contributed by atoms with E-state index >= 15 is 0 Å². The molecule has 1 fully saturated rings. The van der Waals surface area contributed by atoms with Crippen LogP contribution < -0.4 is 4.74 Å². The van der Waals surface area contributed by atoms with Crippen molar-refractivity contribution in [2.75, 3.05) is 20.2 Å². The summed E-state index contributed by atoms with van der Waals surface area (Å²) in [5, 5.41) is 10.1. The standard InChI is InChI=1S/C17H20N2O4/c1-23-15-6-2-5-14-13(15)7-9-18(14)11-16(20)19-8-3-4-12(10-19)17(21)22/h2,5-7,9,12H,3-4,8,10-11H2,1H3,(H,21,22)/t12-/m0/s1. The third kappa shape index (κ3) is 3.02. The number of aromatic nitrogens is 1. The molecule has 1 aromatic carbocycles. The second-order valence-electron chi connectivity index (χ2n) is 5.85. The maximum Gasteiger partial charge on any atom is 0.308 e. The minimum absolute atomic E-state index is 0.0451. The molecule has 3 rings (SSSR count). The van der Waals surface area contributed by atoms with Gasteiger partial charge in [-0.05, 0) is 31.0 Å². The normalized spacial score (nSPS) is 18.1. The number of aliphatic carboxylic acids is 1. The van der Waals surface area contributed by atoms with E-state index in [0.717, 1.165) is 23.1 Å². The van der Waals surface area contributed by atoms with Gasteiger partial charge in [0.1, 0.15) is 12.3 Å². The van der Waals surface area contributed by atoms with Gasteiger partial charge in [0.15, 0.2) is 0 Å². The van der Waals surface area contributed by atoms with Crippen molar-refractivity contribution in [3.63, 3.8) is 0 Å². The van der Waals surface area contributed by atoms with Gasteiger partial charge in [-0.25, -0.2) is 0 Å². The minimum Gasteiger partial charge on any atom is -0.496 e. The number of carboxylic acids is 1. The second kappa shape index (κ2) is 6.32. The molecule has 1 amide bonds. The average Bonchev–Trinajstić information content (AvgIpc) is 2.98. The van der Waals surface area contributed by atoms with Gasteiger partial charge in [0.05, 0.1) is 18.5 Å². The molecule has 1 N–H and O–H groups in total. The lowest BCUT2D eigenvalue weighted by atomic mass is 9.98. The number of rotatable bonds is 4. The van der Waals surface area contributed by atoms with E-state index in [9.17, 15) is 9.59 Å². The first-order valence-electron chi connectivity index (χ1n) is 7.72. The molecule has 1 aromatic heterocycles. The number of benzene rings is 1. The predicted octanol–water partition coefficient (Wildman–Crippen LogP) is 1.97. The fourth-order valence-corrected chi connectivity index (χ4v) is 3.16. The van der Waals surface area contributed by atoms with Gasteiger partial charge in [-0.3, -0.25) is 9.59 Å². The zero-order valence-corrected chi connectivity index (χ0v) is 13.1. The zero-order valence-electron chi connectivity index (χ0n) is 13.1. The Hall–Kier alpha value is -2.50. The number of likely N-dealkylation sites (tertiary alicyclic amines) is 1. The van der Waals surface area contributed by atoms with Crippen molar-refractivity contribution in [1.82, 2.24) is 9.47 Å². The van der Waals surface area contributed by atoms with Crippen LogP contribution >= 0.6 is 0 Å². The van der Waals surface area contributed by atoms with Gasteiger partial charge in [0.25, 0.3) is 0 Å². The molecule has 1 aliphatic heterocycles. The first-order valence-corrected chi connectivity index (χ1v) is 7.72. The van der Waals surface area contributed by atoms with Crippen molar-refractivity contribution in [1.29, 1.82) is 0 Å². The number of amides is 1. The number of nitrogens with zero attached hydrogens (tertiary/aromatic N) is 2. The summed E-state index contributed by atoms with van der Waals surface area (Å²) < 4.78 is 7.21. The van der Waals surface area contributed by atoms with E-state index in [1.165, 1.54) is 0 Å². The number of carbonyl (C=O) groups is 2. The van der Waals surface area contributed by atoms with E-state index in [4.69, 9.17) is 9.84 Å². The number of carbonyl (C=O) groups excluding carboxylic acids is 1. The van der Waals surface area contributed by atoms with Crippen LogP contribution in [-0.4, -0.2) is 46.6 Å². The highest BCUT2D eigenvalue weighted by molar-refractivity contribution is 5.88. The molecule has 0 unspecified atom stereocenters. The van der Waals surface area contributed by atoms with Crippen molar-refractivity contribution in [3.8, 4) is 5.75 Å². The summed E-state index contributed by atoms with van der Waals surface area (Å²) in [6.45, 7) is 1.14. The summed E-state index contributed by atoms with van der Waals surface area (Å²) in [5.74, 6) is -0.540. The van der Waals surface area contributed by atoms with Gasteiger partial charge in [-0.1, -0.05) is 6.07 Å². The number of methoxy groups -OCH3 is 1. The number of fused-ring (bicyclic) bond motifs is 1. The van der Waals surface area contributed by atoms with Crippen LogP contribution in [-0.2, 0) is 16.1 Å². The highest BCUT2D eigenvalue weighted by atomic mass is 16.5. The molecule has 0 radical (unpaired) electrons. The molecule has 0 spiro atoms. The third-order valence-electron chi connectivity index (χ3n) is 4.42. The fraction of sp³-hybridized carbons (Fsp3) is 0.412. The Kier molecular flexibility index (Phi) is 4.23. The second-order valence-corrected chi connectivity index (χ2v) is 5.85. The van der Waals surface area contributed by atoms with E-state index in [0.29, 0.717) is 19.5 Å². The zero-order chi connectivity index (χ0) is 16.4. The minimum atomic E-state index is -0.821. The Morgan fingerprint density at radius 2 is 2.17 bits per heavy atom. The first kappa shape index (κ1) is 15.4. The molecule has 1 aliphatic rings. The van der Waals surface area contributed by atoms with Crippen LogP contribution in [0.2, 0.25) is 0 Å². The van der Waals surface area contributed by atoms with Crippen molar-refractivity contribution < 1.29 is 19.4 Å². The molecule has 0 aliphatic carbocycles. The monoisotopic (exact) mass is 316 g/mol. The first-order chi connectivity index (χ1) is 11.1. The van der Waals surface area contributed by atoms with E-state index < -0.39 is 11.9 Å². The quantitative estimate of drug-likeness (QED) is 0.936. The Bertz CT molecular complexity index is 737. The van der Waals surface area contributed by atoms with Crippen LogP contribution in [0.5, 0.6) is 5.75 Å². The van der Waals surface area contributed by atoms with Gasteiger partial charge in [0.2, 0.25) is 5.91 Å². The van der Waals surface area contributed by atoms with Crippen LogP contribution in [0, 0.1) is 5.92 Å². The van der Waals surface area contributed by atoms with Crippen molar-refractivity contribution in [2.45, 2.75) is 19.4 Å². The number of hydrogen-bond acceptors (Lipinski definition) is 3. The lowest BCUT2D eigenvalue weighted by molar-refractivity contribution is -0.145. The number of carboxylic acid groups (broad SMARTS) is 1. The molecular formula is C17H20N2O4. The third-order valence-corrected chi connectivity index (χ3v) is 4.42. The lowest BCUT2D eigenvalue weighted by Gasteiger charge is -2.30. The fourth-order valence-electron chi connectivity index (χ4n) is 3.16. The molecule has 23 heavy (non-hydrogen) atoms. The summed E-state index contributed by atoms with van der Waals surface area (Å²) in [4.78, 5) is 25.3. The Labute approximate surface area is 134 Å². The number of piperidine rings is 1. The van der Waals surface area contributed by atoms with Crippen LogP contribution in [0.1, 0.15) is 12.8 Å². The molecule has 1 saturated heterocycles. The van der Waals surface area contributed by atoms with Gasteiger partial charge < -0.3 is 19.3 Å². The largest absolute Gasteiger partial charge is 0.496 e. The van der Waals surface area contributed by atoms with Crippen LogP contribution in [0.25, 0.3) is 10.9 Å². The summed E-state index contributed by atoms with van der Waals surface area (Å²) in [7, 11) is 1.62. The lowest BCUT2D eigenvalue weighted by Crippen LogP contribution is -2.43. The number of hydrogen-bond donors (Lipinski definition) is 1. The Morgan fingerprint density at radius 1 is 1.35 bits per heavy atom. The maximum absolute atomic E-state index is 12.5. The molecule has 1 atom stereocenters. The summed E-state index contributed by atoms with van der Waals surface area (Å²) >= 11 is 0. The van der Waals surface area contributed by atoms with Crippen molar-refractivity contribution in [2.24, 2.45) is 5.92 Å². The molecule has 6 heteroatoms. The van der Waals surface area contributed by atoms with Crippen LogP contribution in [0.4, 0.5) is 0 Å². The Morgan fingerprint density at radius 3 is 2.91 bits per heavy atom. The predicted molar refractivity (Wildman–Crippen MR) is 85.4 cm³/mol. The summed E-state index contributed by atoms with van der Waals surface area (Å²) in [6, 6.07) is 7.65. The van der Waals surface area contributed by atoms with Gasteiger partial charge >= 0.3 is 5.97 Å². The molecule has 2 heterocycles. The van der Waals surface area contributed by atoms with E-state index in [-0.39, 0.29) is 12.5 Å². The maximum atomic E-state index is 12.5. The molecule has 0 bridgehead atoms. The van der Waals surface area contributed by atoms with Crippen molar-refractivity contribution >= 4 is 22.8 Å². The van der Waals surface area contributed by atoms with E-state index in [2.05, 4.69) is 0 Å². The molecular weight excluding hydrogens is 296 g/mol. The summed E-state index contributed by atoms with van der Waals surface area (Å²) in [5.41, 5.74) is 0.935. The highest BCUT2D eigenvalue weighted by Gasteiger charge is 2.28. The molecule has 0 saturated carbocycles. The van der Waals surface area contributed by atoms with Gasteiger partial charge in [-0.15, -0.1) is 0 Å². The van der Waals surface area contributed by atoms with E-state index in [1.807, 2.05) is 35.0 Å². The van der Waals surface area contributed by atoms with Gasteiger partial charge in [0, 0.05) is 24.7 Å². The SMILES string of the molecule is COc1cccc2c1ccn2CC(=O)N1CCC[C@H](C(=O)O)C1. The van der Waals surface area contributed by atoms with Crippen LogP contribution in [0.15, 0.2) is 30.5 Å². The summed E-state index contributed by atoms with van der Waals surface area (Å²) in [6.07, 6.45) is 3.25.